The van der Waals surface area contributed by atoms with Crippen LogP contribution in [0.2, 0.25) is 0 Å². The number of benzene rings is 1. The van der Waals surface area contributed by atoms with E-state index in [0.29, 0.717) is 6.54 Å². The van der Waals surface area contributed by atoms with Gasteiger partial charge in [-0.2, -0.15) is 0 Å². The number of carbonyl (C=O) groups is 1. The fourth-order valence-corrected chi connectivity index (χ4v) is 3.47. The Morgan fingerprint density at radius 3 is 2.38 bits per heavy atom. The molecule has 0 radical (unpaired) electrons. The molecule has 0 aliphatic carbocycles. The molecule has 2 heterocycles. The molecule has 0 unspecified atom stereocenters. The normalized spacial score (nSPS) is 16.1. The van der Waals surface area contributed by atoms with Crippen molar-refractivity contribution in [2.24, 2.45) is 0 Å². The summed E-state index contributed by atoms with van der Waals surface area (Å²) in [4.78, 5) is 19.0. The zero-order chi connectivity index (χ0) is 14.7. The molecule has 1 aliphatic rings. The Balaban J connectivity index is 1.53. The molecule has 2 aromatic rings. The number of Topliss-reactive ketones (excluding diaryl/α,β-unsaturated/α-hetero) is 1. The van der Waals surface area contributed by atoms with Gasteiger partial charge >= 0.3 is 0 Å². The van der Waals surface area contributed by atoms with Gasteiger partial charge in [0.25, 0.3) is 0 Å². The topological polar surface area (TPSA) is 23.6 Å². The highest BCUT2D eigenvalue weighted by Gasteiger charge is 2.20. The van der Waals surface area contributed by atoms with Crippen molar-refractivity contribution < 1.29 is 4.79 Å². The lowest BCUT2D eigenvalue weighted by Crippen LogP contribution is -2.47. The third-order valence-corrected chi connectivity index (χ3v) is 4.92. The zero-order valence-electron chi connectivity index (χ0n) is 12.3. The molecule has 1 fully saturated rings. The number of hydrogen-bond acceptors (Lipinski definition) is 4. The number of anilines is 1. The fourth-order valence-electron chi connectivity index (χ4n) is 2.67. The van der Waals surface area contributed by atoms with E-state index in [-0.39, 0.29) is 5.78 Å². The molecule has 1 saturated heterocycles. The number of rotatable bonds is 4. The first-order valence-electron chi connectivity index (χ1n) is 7.34. The molecule has 1 aromatic carbocycles. The first-order valence-corrected chi connectivity index (χ1v) is 8.16. The average molecular weight is 300 g/mol. The monoisotopic (exact) mass is 300 g/mol. The van der Waals surface area contributed by atoms with Gasteiger partial charge in [-0.25, -0.2) is 0 Å². The summed E-state index contributed by atoms with van der Waals surface area (Å²) < 4.78 is 0. The molecule has 0 atom stereocenters. The maximum atomic E-state index is 12.2. The van der Waals surface area contributed by atoms with Crippen molar-refractivity contribution in [1.29, 1.82) is 0 Å². The van der Waals surface area contributed by atoms with Crippen molar-refractivity contribution in [3.05, 3.63) is 52.2 Å². The SMILES string of the molecule is Cc1ccc(C(=O)CN2CCN(c3ccccc3)CC2)s1. The third-order valence-electron chi connectivity index (χ3n) is 3.88. The zero-order valence-corrected chi connectivity index (χ0v) is 13.1. The summed E-state index contributed by atoms with van der Waals surface area (Å²) in [5.74, 6) is 0.251. The number of hydrogen-bond donors (Lipinski definition) is 0. The highest BCUT2D eigenvalue weighted by molar-refractivity contribution is 7.14. The van der Waals surface area contributed by atoms with Crippen LogP contribution in [0.1, 0.15) is 14.5 Å². The van der Waals surface area contributed by atoms with E-state index in [0.717, 1.165) is 31.1 Å². The van der Waals surface area contributed by atoms with Crippen LogP contribution in [0.15, 0.2) is 42.5 Å². The van der Waals surface area contributed by atoms with Crippen molar-refractivity contribution in [3.8, 4) is 0 Å². The minimum absolute atomic E-state index is 0.251. The van der Waals surface area contributed by atoms with Crippen LogP contribution in [0.4, 0.5) is 5.69 Å². The molecular weight excluding hydrogens is 280 g/mol. The molecule has 0 amide bonds. The summed E-state index contributed by atoms with van der Waals surface area (Å²) in [5, 5.41) is 0. The van der Waals surface area contributed by atoms with Crippen molar-refractivity contribution in [1.82, 2.24) is 4.90 Å². The number of para-hydroxylation sites is 1. The van der Waals surface area contributed by atoms with Crippen LogP contribution in [0.3, 0.4) is 0 Å². The fraction of sp³-hybridized carbons (Fsp3) is 0.353. The van der Waals surface area contributed by atoms with Gasteiger partial charge in [-0.3, -0.25) is 9.69 Å². The van der Waals surface area contributed by atoms with E-state index in [1.807, 2.05) is 25.1 Å². The Labute approximate surface area is 129 Å². The van der Waals surface area contributed by atoms with E-state index in [9.17, 15) is 4.79 Å². The Morgan fingerprint density at radius 2 is 1.76 bits per heavy atom. The second-order valence-electron chi connectivity index (χ2n) is 5.43. The summed E-state index contributed by atoms with van der Waals surface area (Å²) in [5.41, 5.74) is 1.28. The Hall–Kier alpha value is -1.65. The molecular formula is C17H20N2OS. The standard InChI is InChI=1S/C17H20N2OS/c1-14-7-8-17(21-14)16(20)13-18-9-11-19(12-10-18)15-5-3-2-4-6-15/h2-8H,9-13H2,1H3. The van der Waals surface area contributed by atoms with Crippen molar-refractivity contribution in [2.75, 3.05) is 37.6 Å². The second-order valence-corrected chi connectivity index (χ2v) is 6.72. The summed E-state index contributed by atoms with van der Waals surface area (Å²) in [7, 11) is 0. The quantitative estimate of drug-likeness (QED) is 0.811. The number of carbonyl (C=O) groups excluding carboxylic acids is 1. The van der Waals surface area contributed by atoms with Crippen LogP contribution >= 0.6 is 11.3 Å². The molecule has 3 nitrogen and oxygen atoms in total. The molecule has 0 spiro atoms. The molecule has 1 aliphatic heterocycles. The van der Waals surface area contributed by atoms with Crippen LogP contribution in [-0.2, 0) is 0 Å². The molecule has 4 heteroatoms. The molecule has 0 saturated carbocycles. The van der Waals surface area contributed by atoms with E-state index >= 15 is 0 Å². The maximum absolute atomic E-state index is 12.2. The first-order chi connectivity index (χ1) is 10.2. The molecule has 0 bridgehead atoms. The lowest BCUT2D eigenvalue weighted by atomic mass is 10.2. The Morgan fingerprint density at radius 1 is 1.05 bits per heavy atom. The van der Waals surface area contributed by atoms with Gasteiger partial charge in [0, 0.05) is 36.7 Å². The Kier molecular flexibility index (Phi) is 4.36. The lowest BCUT2D eigenvalue weighted by molar-refractivity contribution is 0.0930. The molecule has 0 N–H and O–H groups in total. The van der Waals surface area contributed by atoms with E-state index in [2.05, 4.69) is 34.1 Å². The van der Waals surface area contributed by atoms with Crippen LogP contribution in [-0.4, -0.2) is 43.4 Å². The summed E-state index contributed by atoms with van der Waals surface area (Å²) in [6.07, 6.45) is 0. The van der Waals surface area contributed by atoms with E-state index in [1.54, 1.807) is 11.3 Å². The first kappa shape index (κ1) is 14.3. The van der Waals surface area contributed by atoms with Gasteiger partial charge in [0.05, 0.1) is 11.4 Å². The second kappa shape index (κ2) is 6.41. The van der Waals surface area contributed by atoms with Gasteiger partial charge in [-0.15, -0.1) is 11.3 Å². The number of piperazine rings is 1. The summed E-state index contributed by atoms with van der Waals surface area (Å²) in [6, 6.07) is 14.5. The minimum Gasteiger partial charge on any atom is -0.369 e. The van der Waals surface area contributed by atoms with Gasteiger partial charge in [0.2, 0.25) is 0 Å². The summed E-state index contributed by atoms with van der Waals surface area (Å²) in [6.45, 7) is 6.46. The lowest BCUT2D eigenvalue weighted by Gasteiger charge is -2.35. The molecule has 110 valence electrons. The Bertz CT molecular complexity index is 600. The molecule has 1 aromatic heterocycles. The van der Waals surface area contributed by atoms with E-state index in [4.69, 9.17) is 0 Å². The summed E-state index contributed by atoms with van der Waals surface area (Å²) >= 11 is 1.60. The van der Waals surface area contributed by atoms with Gasteiger partial charge in [-0.05, 0) is 31.2 Å². The van der Waals surface area contributed by atoms with Crippen LogP contribution < -0.4 is 4.90 Å². The van der Waals surface area contributed by atoms with E-state index in [1.165, 1.54) is 10.6 Å². The number of ketones is 1. The number of aryl methyl sites for hydroxylation is 1. The largest absolute Gasteiger partial charge is 0.369 e. The highest BCUT2D eigenvalue weighted by atomic mass is 32.1. The van der Waals surface area contributed by atoms with E-state index < -0.39 is 0 Å². The number of thiophene rings is 1. The average Bonchev–Trinajstić information content (AvgIpc) is 2.96. The van der Waals surface area contributed by atoms with Crippen LogP contribution in [0.25, 0.3) is 0 Å². The predicted molar refractivity (Wildman–Crippen MR) is 88.5 cm³/mol. The van der Waals surface area contributed by atoms with Crippen molar-refractivity contribution >= 4 is 22.8 Å². The smallest absolute Gasteiger partial charge is 0.186 e. The van der Waals surface area contributed by atoms with Gasteiger partial charge in [0.1, 0.15) is 0 Å². The molecule has 3 rings (SSSR count). The maximum Gasteiger partial charge on any atom is 0.186 e. The third kappa shape index (κ3) is 3.52. The minimum atomic E-state index is 0.251. The van der Waals surface area contributed by atoms with Crippen molar-refractivity contribution in [3.63, 3.8) is 0 Å². The number of nitrogens with zero attached hydrogens (tertiary/aromatic N) is 2. The van der Waals surface area contributed by atoms with Crippen LogP contribution in [0, 0.1) is 6.92 Å². The highest BCUT2D eigenvalue weighted by Crippen LogP contribution is 2.18. The van der Waals surface area contributed by atoms with Crippen LogP contribution in [0.5, 0.6) is 0 Å². The molecule has 21 heavy (non-hydrogen) atoms. The van der Waals surface area contributed by atoms with Gasteiger partial charge < -0.3 is 4.90 Å². The van der Waals surface area contributed by atoms with Gasteiger partial charge in [-0.1, -0.05) is 18.2 Å². The van der Waals surface area contributed by atoms with Gasteiger partial charge in [0.15, 0.2) is 5.78 Å². The van der Waals surface area contributed by atoms with Crippen molar-refractivity contribution in [2.45, 2.75) is 6.92 Å². The predicted octanol–water partition coefficient (Wildman–Crippen LogP) is 3.06.